The van der Waals surface area contributed by atoms with Crippen LogP contribution in [0.25, 0.3) is 0 Å². The van der Waals surface area contributed by atoms with Crippen molar-refractivity contribution in [1.82, 2.24) is 5.32 Å². The maximum atomic E-state index is 6.01. The minimum atomic E-state index is 0.249. The number of rotatable bonds is 9. The lowest BCUT2D eigenvalue weighted by atomic mass is 9.82. The van der Waals surface area contributed by atoms with Gasteiger partial charge in [0.05, 0.1) is 6.10 Å². The van der Waals surface area contributed by atoms with Gasteiger partial charge in [-0.3, -0.25) is 0 Å². The van der Waals surface area contributed by atoms with Crippen molar-refractivity contribution in [1.29, 1.82) is 0 Å². The number of ether oxygens (including phenoxy) is 1. The minimum Gasteiger partial charge on any atom is -0.491 e. The number of benzene rings is 1. The Labute approximate surface area is 130 Å². The van der Waals surface area contributed by atoms with Gasteiger partial charge in [0.1, 0.15) is 5.75 Å². The van der Waals surface area contributed by atoms with Crippen LogP contribution in [-0.4, -0.2) is 18.7 Å². The van der Waals surface area contributed by atoms with Crippen molar-refractivity contribution >= 4 is 0 Å². The molecule has 0 aromatic heterocycles. The van der Waals surface area contributed by atoms with E-state index in [1.54, 1.807) is 0 Å². The van der Waals surface area contributed by atoms with Crippen molar-refractivity contribution in [2.45, 2.75) is 77.4 Å². The fourth-order valence-electron chi connectivity index (χ4n) is 2.46. The van der Waals surface area contributed by atoms with Gasteiger partial charge in [0.15, 0.2) is 0 Å². The molecule has 1 aliphatic rings. The molecule has 1 atom stereocenters. The summed E-state index contributed by atoms with van der Waals surface area (Å²) in [6.07, 6.45) is 6.48. The summed E-state index contributed by atoms with van der Waals surface area (Å²) in [6, 6.07) is 9.47. The van der Waals surface area contributed by atoms with Crippen LogP contribution in [0.5, 0.6) is 5.75 Å². The van der Waals surface area contributed by atoms with Crippen LogP contribution in [0.2, 0.25) is 0 Å². The van der Waals surface area contributed by atoms with E-state index in [0.717, 1.165) is 31.2 Å². The molecule has 2 rings (SSSR count). The monoisotopic (exact) mass is 289 g/mol. The van der Waals surface area contributed by atoms with E-state index in [9.17, 15) is 0 Å². The second-order valence-electron chi connectivity index (χ2n) is 7.06. The van der Waals surface area contributed by atoms with E-state index in [4.69, 9.17) is 4.74 Å². The third-order valence-electron chi connectivity index (χ3n) is 4.65. The Morgan fingerprint density at radius 3 is 2.48 bits per heavy atom. The normalized spacial score (nSPS) is 16.8. The van der Waals surface area contributed by atoms with Crippen LogP contribution in [-0.2, 0) is 5.41 Å². The van der Waals surface area contributed by atoms with Crippen molar-refractivity contribution in [3.63, 3.8) is 0 Å². The lowest BCUT2D eigenvalue weighted by molar-refractivity contribution is 0.207. The highest BCUT2D eigenvalue weighted by molar-refractivity contribution is 5.31. The average Bonchev–Trinajstić information content (AvgIpc) is 3.28. The molecule has 0 aliphatic heterocycles. The van der Waals surface area contributed by atoms with Gasteiger partial charge in [0.25, 0.3) is 0 Å². The molecular formula is C19H31NO. The fourth-order valence-corrected chi connectivity index (χ4v) is 2.46. The van der Waals surface area contributed by atoms with Crippen molar-refractivity contribution in [3.05, 3.63) is 29.8 Å². The van der Waals surface area contributed by atoms with Crippen molar-refractivity contribution in [2.24, 2.45) is 0 Å². The predicted molar refractivity (Wildman–Crippen MR) is 90.1 cm³/mol. The maximum Gasteiger partial charge on any atom is 0.119 e. The van der Waals surface area contributed by atoms with Crippen LogP contribution in [0.15, 0.2) is 24.3 Å². The number of hydrogen-bond acceptors (Lipinski definition) is 2. The Morgan fingerprint density at radius 2 is 1.90 bits per heavy atom. The summed E-state index contributed by atoms with van der Waals surface area (Å²) >= 11 is 0. The standard InChI is InChI=1S/C19H31NO/c1-5-19(3,4)16-8-12-18(13-9-16)21-15(2)7-6-14-20-17-10-11-17/h8-9,12-13,15,17,20H,5-7,10-11,14H2,1-4H3. The molecule has 1 saturated carbocycles. The molecule has 2 heteroatoms. The highest BCUT2D eigenvalue weighted by atomic mass is 16.5. The first-order chi connectivity index (χ1) is 10.0. The molecular weight excluding hydrogens is 258 g/mol. The molecule has 1 aromatic rings. The molecule has 0 heterocycles. The number of hydrogen-bond donors (Lipinski definition) is 1. The summed E-state index contributed by atoms with van der Waals surface area (Å²) in [6.45, 7) is 10.1. The van der Waals surface area contributed by atoms with Crippen LogP contribution in [0.1, 0.15) is 65.4 Å². The predicted octanol–water partition coefficient (Wildman–Crippen LogP) is 4.67. The first-order valence-electron chi connectivity index (χ1n) is 8.52. The Hall–Kier alpha value is -1.02. The van der Waals surface area contributed by atoms with E-state index in [1.165, 1.54) is 24.8 Å². The van der Waals surface area contributed by atoms with Crippen LogP contribution in [0.4, 0.5) is 0 Å². The van der Waals surface area contributed by atoms with Crippen molar-refractivity contribution in [2.75, 3.05) is 6.54 Å². The largest absolute Gasteiger partial charge is 0.491 e. The highest BCUT2D eigenvalue weighted by Gasteiger charge is 2.20. The van der Waals surface area contributed by atoms with Crippen LogP contribution < -0.4 is 10.1 Å². The summed E-state index contributed by atoms with van der Waals surface area (Å²) in [7, 11) is 0. The van der Waals surface area contributed by atoms with Crippen molar-refractivity contribution in [3.8, 4) is 5.75 Å². The topological polar surface area (TPSA) is 21.3 Å². The van der Waals surface area contributed by atoms with Crippen LogP contribution in [0, 0.1) is 0 Å². The molecule has 0 amide bonds. The zero-order valence-corrected chi connectivity index (χ0v) is 14.1. The zero-order valence-electron chi connectivity index (χ0n) is 14.1. The lowest BCUT2D eigenvalue weighted by Gasteiger charge is -2.23. The van der Waals surface area contributed by atoms with E-state index in [0.29, 0.717) is 0 Å². The summed E-state index contributed by atoms with van der Waals surface area (Å²) in [5.41, 5.74) is 1.64. The summed E-state index contributed by atoms with van der Waals surface area (Å²) in [4.78, 5) is 0. The van der Waals surface area contributed by atoms with E-state index < -0.39 is 0 Å². The van der Waals surface area contributed by atoms with Gasteiger partial charge in [-0.15, -0.1) is 0 Å². The smallest absolute Gasteiger partial charge is 0.119 e. The maximum absolute atomic E-state index is 6.01. The highest BCUT2D eigenvalue weighted by Crippen LogP contribution is 2.28. The third kappa shape index (κ3) is 5.35. The number of nitrogens with one attached hydrogen (secondary N) is 1. The first kappa shape index (κ1) is 16.4. The SMILES string of the molecule is CCC(C)(C)c1ccc(OC(C)CCCNC2CC2)cc1. The van der Waals surface area contributed by atoms with Gasteiger partial charge in [0, 0.05) is 6.04 Å². The van der Waals surface area contributed by atoms with E-state index >= 15 is 0 Å². The van der Waals surface area contributed by atoms with Gasteiger partial charge in [-0.25, -0.2) is 0 Å². The molecule has 1 fully saturated rings. The average molecular weight is 289 g/mol. The van der Waals surface area contributed by atoms with Crippen LogP contribution >= 0.6 is 0 Å². The molecule has 21 heavy (non-hydrogen) atoms. The first-order valence-corrected chi connectivity index (χ1v) is 8.52. The van der Waals surface area contributed by atoms with Crippen molar-refractivity contribution < 1.29 is 4.74 Å². The third-order valence-corrected chi connectivity index (χ3v) is 4.65. The summed E-state index contributed by atoms with van der Waals surface area (Å²) in [5, 5.41) is 3.55. The zero-order chi connectivity index (χ0) is 15.3. The van der Waals surface area contributed by atoms with Gasteiger partial charge in [0.2, 0.25) is 0 Å². The molecule has 1 unspecified atom stereocenters. The van der Waals surface area contributed by atoms with Crippen LogP contribution in [0.3, 0.4) is 0 Å². The molecule has 1 N–H and O–H groups in total. The second-order valence-corrected chi connectivity index (χ2v) is 7.06. The van der Waals surface area contributed by atoms with Gasteiger partial charge >= 0.3 is 0 Å². The molecule has 2 nitrogen and oxygen atoms in total. The van der Waals surface area contributed by atoms with Gasteiger partial charge in [-0.1, -0.05) is 32.9 Å². The molecule has 0 radical (unpaired) electrons. The van der Waals surface area contributed by atoms with Gasteiger partial charge in [-0.2, -0.15) is 0 Å². The van der Waals surface area contributed by atoms with E-state index in [2.05, 4.69) is 57.3 Å². The van der Waals surface area contributed by atoms with E-state index in [1.807, 2.05) is 0 Å². The molecule has 0 saturated heterocycles. The second kappa shape index (κ2) is 7.31. The lowest BCUT2D eigenvalue weighted by Crippen LogP contribution is -2.20. The molecule has 1 aliphatic carbocycles. The minimum absolute atomic E-state index is 0.249. The van der Waals surface area contributed by atoms with Gasteiger partial charge in [-0.05, 0) is 68.7 Å². The molecule has 1 aromatic carbocycles. The Morgan fingerprint density at radius 1 is 1.24 bits per heavy atom. The quantitative estimate of drug-likeness (QED) is 0.667. The fraction of sp³-hybridized carbons (Fsp3) is 0.684. The Kier molecular flexibility index (Phi) is 5.69. The van der Waals surface area contributed by atoms with E-state index in [-0.39, 0.29) is 11.5 Å². The van der Waals surface area contributed by atoms with Gasteiger partial charge < -0.3 is 10.1 Å². The Balaban J connectivity index is 1.73. The summed E-state index contributed by atoms with van der Waals surface area (Å²) < 4.78 is 6.01. The molecule has 118 valence electrons. The summed E-state index contributed by atoms with van der Waals surface area (Å²) in [5.74, 6) is 0.994. The Bertz CT molecular complexity index is 420. The molecule has 0 bridgehead atoms. The molecule has 0 spiro atoms.